The molecular weight excluding hydrogens is 186 g/mol. The summed E-state index contributed by atoms with van der Waals surface area (Å²) in [5.41, 5.74) is 0.349. The quantitative estimate of drug-likeness (QED) is 0.588. The molecule has 74 valence electrons. The van der Waals surface area contributed by atoms with Crippen LogP contribution in [0.15, 0.2) is 24.3 Å². The van der Waals surface area contributed by atoms with Gasteiger partial charge in [-0.1, -0.05) is 12.1 Å². The van der Waals surface area contributed by atoms with Gasteiger partial charge in [-0.05, 0) is 12.5 Å². The Morgan fingerprint density at radius 1 is 1.57 bits per heavy atom. The van der Waals surface area contributed by atoms with Crippen LogP contribution in [0.1, 0.15) is 18.4 Å². The predicted molar refractivity (Wildman–Crippen MR) is 49.1 cm³/mol. The van der Waals surface area contributed by atoms with Crippen molar-refractivity contribution in [1.82, 2.24) is 0 Å². The van der Waals surface area contributed by atoms with Crippen molar-refractivity contribution in [3.05, 3.63) is 39.9 Å². The zero-order valence-corrected chi connectivity index (χ0v) is 7.51. The molecule has 0 aliphatic carbocycles. The Bertz CT molecular complexity index is 375. The van der Waals surface area contributed by atoms with E-state index in [1.54, 1.807) is 6.07 Å². The molecule has 5 nitrogen and oxygen atoms in total. The average molecular weight is 195 g/mol. The maximum absolute atomic E-state index is 10.6. The second kappa shape index (κ2) is 3.87. The van der Waals surface area contributed by atoms with Crippen LogP contribution in [0.3, 0.4) is 0 Å². The van der Waals surface area contributed by atoms with Crippen molar-refractivity contribution in [3.63, 3.8) is 0 Å². The lowest BCUT2D eigenvalue weighted by Crippen LogP contribution is -2.07. The van der Waals surface area contributed by atoms with E-state index in [-0.39, 0.29) is 5.69 Å². The molecule has 5 heteroatoms. The molecule has 1 rings (SSSR count). The van der Waals surface area contributed by atoms with Crippen molar-refractivity contribution in [2.75, 3.05) is 0 Å². The minimum Gasteiger partial charge on any atom is -0.481 e. The van der Waals surface area contributed by atoms with Gasteiger partial charge >= 0.3 is 5.97 Å². The highest BCUT2D eigenvalue weighted by Crippen LogP contribution is 2.20. The summed E-state index contributed by atoms with van der Waals surface area (Å²) in [6.07, 6.45) is 0. The Morgan fingerprint density at radius 3 is 2.71 bits per heavy atom. The lowest BCUT2D eigenvalue weighted by molar-refractivity contribution is -0.384. The first-order chi connectivity index (χ1) is 6.52. The van der Waals surface area contributed by atoms with Crippen molar-refractivity contribution in [2.24, 2.45) is 0 Å². The topological polar surface area (TPSA) is 80.4 Å². The number of carboxylic acids is 1. The molecule has 0 radical (unpaired) electrons. The number of nitro groups is 1. The molecule has 0 bridgehead atoms. The summed E-state index contributed by atoms with van der Waals surface area (Å²) in [7, 11) is 0. The van der Waals surface area contributed by atoms with Gasteiger partial charge < -0.3 is 5.11 Å². The lowest BCUT2D eigenvalue weighted by atomic mass is 10.0. The van der Waals surface area contributed by atoms with Gasteiger partial charge in [-0.25, -0.2) is 0 Å². The summed E-state index contributed by atoms with van der Waals surface area (Å²) in [5, 5.41) is 19.1. The molecule has 1 aromatic carbocycles. The number of benzene rings is 1. The highest BCUT2D eigenvalue weighted by molar-refractivity contribution is 5.75. The number of nitro benzene ring substituents is 1. The fourth-order valence-electron chi connectivity index (χ4n) is 1.05. The van der Waals surface area contributed by atoms with Crippen molar-refractivity contribution in [2.45, 2.75) is 12.8 Å². The summed E-state index contributed by atoms with van der Waals surface area (Å²) in [6.45, 7) is 1.49. The first-order valence-electron chi connectivity index (χ1n) is 3.99. The Hall–Kier alpha value is -1.91. The third-order valence-corrected chi connectivity index (χ3v) is 1.95. The largest absolute Gasteiger partial charge is 0.481 e. The van der Waals surface area contributed by atoms with Crippen molar-refractivity contribution < 1.29 is 14.8 Å². The number of nitrogens with zero attached hydrogens (tertiary/aromatic N) is 1. The van der Waals surface area contributed by atoms with E-state index in [2.05, 4.69) is 0 Å². The van der Waals surface area contributed by atoms with Crippen LogP contribution >= 0.6 is 0 Å². The standard InChI is InChI=1S/C9H9NO4/c1-6(9(11)12)7-3-2-4-8(5-7)10(13)14/h2-6H,1H3,(H,11,12). The highest BCUT2D eigenvalue weighted by Gasteiger charge is 2.16. The molecule has 14 heavy (non-hydrogen) atoms. The zero-order valence-electron chi connectivity index (χ0n) is 7.51. The Labute approximate surface area is 80.1 Å². The summed E-state index contributed by atoms with van der Waals surface area (Å²) < 4.78 is 0. The third kappa shape index (κ3) is 2.07. The third-order valence-electron chi connectivity index (χ3n) is 1.95. The predicted octanol–water partition coefficient (Wildman–Crippen LogP) is 1.78. The van der Waals surface area contributed by atoms with Gasteiger partial charge in [0.05, 0.1) is 10.8 Å². The van der Waals surface area contributed by atoms with Crippen LogP contribution in [0.2, 0.25) is 0 Å². The smallest absolute Gasteiger partial charge is 0.310 e. The number of carboxylic acid groups (broad SMARTS) is 1. The van der Waals surface area contributed by atoms with E-state index < -0.39 is 16.8 Å². The van der Waals surface area contributed by atoms with Crippen LogP contribution in [0.25, 0.3) is 0 Å². The number of aliphatic carboxylic acids is 1. The molecule has 1 aromatic rings. The minimum atomic E-state index is -0.995. The molecular formula is C9H9NO4. The second-order valence-corrected chi connectivity index (χ2v) is 2.91. The van der Waals surface area contributed by atoms with Crippen LogP contribution < -0.4 is 0 Å². The van der Waals surface area contributed by atoms with Gasteiger partial charge in [0.2, 0.25) is 0 Å². The molecule has 0 heterocycles. The fraction of sp³-hybridized carbons (Fsp3) is 0.222. The van der Waals surface area contributed by atoms with E-state index in [1.807, 2.05) is 0 Å². The number of hydrogen-bond acceptors (Lipinski definition) is 3. The molecule has 0 amide bonds. The molecule has 0 spiro atoms. The molecule has 0 saturated heterocycles. The monoisotopic (exact) mass is 195 g/mol. The number of rotatable bonds is 3. The van der Waals surface area contributed by atoms with Gasteiger partial charge in [-0.15, -0.1) is 0 Å². The van der Waals surface area contributed by atoms with Crippen LogP contribution in [0.5, 0.6) is 0 Å². The molecule has 0 fully saturated rings. The van der Waals surface area contributed by atoms with Gasteiger partial charge in [0.15, 0.2) is 0 Å². The van der Waals surface area contributed by atoms with Crippen LogP contribution in [-0.2, 0) is 4.79 Å². The summed E-state index contributed by atoms with van der Waals surface area (Å²) in [6, 6.07) is 5.65. The lowest BCUT2D eigenvalue weighted by Gasteiger charge is -2.05. The van der Waals surface area contributed by atoms with Crippen LogP contribution in [-0.4, -0.2) is 16.0 Å². The number of hydrogen-bond donors (Lipinski definition) is 1. The molecule has 1 N–H and O–H groups in total. The average Bonchev–Trinajstić information content (AvgIpc) is 2.16. The molecule has 1 atom stereocenters. The van der Waals surface area contributed by atoms with Crippen molar-refractivity contribution in [3.8, 4) is 0 Å². The SMILES string of the molecule is CC(C(=O)O)c1cccc([N+](=O)[O-])c1. The van der Waals surface area contributed by atoms with E-state index in [4.69, 9.17) is 5.11 Å². The highest BCUT2D eigenvalue weighted by atomic mass is 16.6. The molecule has 0 aliphatic heterocycles. The Kier molecular flexibility index (Phi) is 2.81. The fourth-order valence-corrected chi connectivity index (χ4v) is 1.05. The normalized spacial score (nSPS) is 12.1. The first kappa shape index (κ1) is 10.2. The Morgan fingerprint density at radius 2 is 2.21 bits per heavy atom. The van der Waals surface area contributed by atoms with Crippen molar-refractivity contribution in [1.29, 1.82) is 0 Å². The Balaban J connectivity index is 3.05. The van der Waals surface area contributed by atoms with Gasteiger partial charge in [0.25, 0.3) is 5.69 Å². The zero-order chi connectivity index (χ0) is 10.7. The van der Waals surface area contributed by atoms with Gasteiger partial charge in [-0.3, -0.25) is 14.9 Å². The molecule has 0 aliphatic rings. The van der Waals surface area contributed by atoms with E-state index in [9.17, 15) is 14.9 Å². The van der Waals surface area contributed by atoms with E-state index in [0.717, 1.165) is 0 Å². The van der Waals surface area contributed by atoms with Gasteiger partial charge in [0, 0.05) is 12.1 Å². The van der Waals surface area contributed by atoms with E-state index >= 15 is 0 Å². The van der Waals surface area contributed by atoms with Crippen LogP contribution in [0.4, 0.5) is 5.69 Å². The molecule has 0 saturated carbocycles. The summed E-state index contributed by atoms with van der Waals surface area (Å²) in [4.78, 5) is 20.5. The minimum absolute atomic E-state index is 0.0874. The number of non-ortho nitro benzene ring substituents is 1. The van der Waals surface area contributed by atoms with E-state index in [1.165, 1.54) is 25.1 Å². The van der Waals surface area contributed by atoms with E-state index in [0.29, 0.717) is 5.56 Å². The molecule has 1 unspecified atom stereocenters. The first-order valence-corrected chi connectivity index (χ1v) is 3.99. The van der Waals surface area contributed by atoms with Crippen LogP contribution in [0, 0.1) is 10.1 Å². The summed E-state index contributed by atoms with van der Waals surface area (Å²) >= 11 is 0. The van der Waals surface area contributed by atoms with Gasteiger partial charge in [-0.2, -0.15) is 0 Å². The van der Waals surface area contributed by atoms with Gasteiger partial charge in [0.1, 0.15) is 0 Å². The second-order valence-electron chi connectivity index (χ2n) is 2.91. The summed E-state index contributed by atoms with van der Waals surface area (Å²) in [5.74, 6) is -1.72. The maximum Gasteiger partial charge on any atom is 0.310 e. The van der Waals surface area contributed by atoms with Crippen molar-refractivity contribution >= 4 is 11.7 Å². The number of carbonyl (C=O) groups is 1. The molecule has 0 aromatic heterocycles. The maximum atomic E-state index is 10.6.